The van der Waals surface area contributed by atoms with E-state index in [9.17, 15) is 9.59 Å². The summed E-state index contributed by atoms with van der Waals surface area (Å²) in [5, 5.41) is 0.347. The van der Waals surface area contributed by atoms with Crippen molar-refractivity contribution in [1.82, 2.24) is 9.80 Å². The molecular formula is C29H35N3O3S. The van der Waals surface area contributed by atoms with Gasteiger partial charge in [0, 0.05) is 56.1 Å². The van der Waals surface area contributed by atoms with Gasteiger partial charge in [-0.3, -0.25) is 9.59 Å². The van der Waals surface area contributed by atoms with Crippen molar-refractivity contribution in [3.63, 3.8) is 0 Å². The van der Waals surface area contributed by atoms with Crippen LogP contribution < -0.4 is 9.64 Å². The Morgan fingerprint density at radius 1 is 1.06 bits per heavy atom. The Bertz CT molecular complexity index is 1140. The van der Waals surface area contributed by atoms with Gasteiger partial charge in [0.15, 0.2) is 0 Å². The molecule has 3 aliphatic rings. The molecule has 36 heavy (non-hydrogen) atoms. The minimum atomic E-state index is -0.00283. The largest absolute Gasteiger partial charge is 0.497 e. The molecule has 1 aliphatic carbocycles. The first-order valence-electron chi connectivity index (χ1n) is 12.8. The normalized spacial score (nSPS) is 25.6. The lowest BCUT2D eigenvalue weighted by Crippen LogP contribution is -2.55. The second kappa shape index (κ2) is 10.6. The first-order chi connectivity index (χ1) is 17.4. The molecule has 0 spiro atoms. The van der Waals surface area contributed by atoms with E-state index >= 15 is 0 Å². The minimum Gasteiger partial charge on any atom is -0.497 e. The number of fused-ring (bicyclic) bond motifs is 1. The molecule has 0 radical (unpaired) electrons. The van der Waals surface area contributed by atoms with Gasteiger partial charge in [-0.2, -0.15) is 0 Å². The van der Waals surface area contributed by atoms with Gasteiger partial charge in [0.1, 0.15) is 5.75 Å². The van der Waals surface area contributed by atoms with Gasteiger partial charge in [-0.1, -0.05) is 29.8 Å². The van der Waals surface area contributed by atoms with E-state index in [0.717, 1.165) is 67.3 Å². The van der Waals surface area contributed by atoms with Gasteiger partial charge in [-0.15, -0.1) is 11.8 Å². The summed E-state index contributed by atoms with van der Waals surface area (Å²) in [6.45, 7) is 5.21. The Hall–Kier alpha value is -2.93. The highest BCUT2D eigenvalue weighted by Crippen LogP contribution is 2.43. The van der Waals surface area contributed by atoms with Crippen molar-refractivity contribution in [3.05, 3.63) is 64.6 Å². The highest BCUT2D eigenvalue weighted by atomic mass is 32.2. The number of anilines is 1. The molecule has 2 amide bonds. The van der Waals surface area contributed by atoms with E-state index in [1.165, 1.54) is 5.56 Å². The average molecular weight is 506 g/mol. The molecule has 2 aromatic rings. The van der Waals surface area contributed by atoms with Crippen molar-refractivity contribution in [3.8, 4) is 5.75 Å². The number of methoxy groups -OCH3 is 1. The molecule has 0 aromatic heterocycles. The fourth-order valence-corrected chi connectivity index (χ4v) is 7.15. The van der Waals surface area contributed by atoms with E-state index in [2.05, 4.69) is 36.1 Å². The summed E-state index contributed by atoms with van der Waals surface area (Å²) in [6, 6.07) is 16.5. The molecule has 6 nitrogen and oxygen atoms in total. The first kappa shape index (κ1) is 24.8. The van der Waals surface area contributed by atoms with Crippen LogP contribution in [0.15, 0.2) is 53.4 Å². The van der Waals surface area contributed by atoms with Crippen molar-refractivity contribution < 1.29 is 14.3 Å². The van der Waals surface area contributed by atoms with Crippen LogP contribution in [-0.2, 0) is 9.59 Å². The summed E-state index contributed by atoms with van der Waals surface area (Å²) < 4.78 is 5.26. The van der Waals surface area contributed by atoms with Crippen LogP contribution in [0.5, 0.6) is 5.75 Å². The molecule has 2 heterocycles. The molecule has 2 aromatic carbocycles. The molecule has 1 saturated carbocycles. The predicted molar refractivity (Wildman–Crippen MR) is 146 cm³/mol. The second-order valence-electron chi connectivity index (χ2n) is 10.1. The standard InChI is InChI=1S/C29H35N3O3S/c1-20-5-4-6-21(17-20)18-27-29(34)30(2)25-19-22(7-12-26(25)36-27)28(33)32-15-13-31(14-16-32)23-8-10-24(35-3)11-9-23/h4-6,8-11,17-18,22,25-26H,7,12-16,19H2,1-3H3/b27-18-. The van der Waals surface area contributed by atoms with Crippen molar-refractivity contribution in [2.24, 2.45) is 5.92 Å². The fourth-order valence-electron chi connectivity index (χ4n) is 5.67. The zero-order valence-electron chi connectivity index (χ0n) is 21.4. The molecular weight excluding hydrogens is 470 g/mol. The molecule has 190 valence electrons. The zero-order valence-corrected chi connectivity index (χ0v) is 22.2. The number of rotatable bonds is 4. The number of ether oxygens (including phenoxy) is 1. The first-order valence-corrected chi connectivity index (χ1v) is 13.7. The van der Waals surface area contributed by atoms with Crippen LogP contribution in [0.2, 0.25) is 0 Å². The topological polar surface area (TPSA) is 53.1 Å². The lowest BCUT2D eigenvalue weighted by molar-refractivity contribution is -0.139. The SMILES string of the molecule is COc1ccc(N2CCN(C(=O)C3CCC4S/C(=C\c5cccc(C)c5)C(=O)N(C)C4C3)CC2)cc1. The molecule has 2 aliphatic heterocycles. The monoisotopic (exact) mass is 505 g/mol. The van der Waals surface area contributed by atoms with Crippen LogP contribution in [0.3, 0.4) is 0 Å². The molecule has 0 N–H and O–H groups in total. The maximum absolute atomic E-state index is 13.4. The highest BCUT2D eigenvalue weighted by molar-refractivity contribution is 8.04. The van der Waals surface area contributed by atoms with Crippen molar-refractivity contribution in [1.29, 1.82) is 0 Å². The number of carbonyl (C=O) groups excluding carboxylic acids is 2. The second-order valence-corrected chi connectivity index (χ2v) is 11.4. The zero-order chi connectivity index (χ0) is 25.2. The molecule has 7 heteroatoms. The van der Waals surface area contributed by atoms with Gasteiger partial charge in [-0.05, 0) is 62.1 Å². The minimum absolute atomic E-state index is 0.00283. The van der Waals surface area contributed by atoms with Crippen LogP contribution in [0, 0.1) is 12.8 Å². The van der Waals surface area contributed by atoms with Gasteiger partial charge in [0.25, 0.3) is 5.91 Å². The van der Waals surface area contributed by atoms with E-state index < -0.39 is 0 Å². The maximum atomic E-state index is 13.4. The number of aryl methyl sites for hydroxylation is 1. The molecule has 0 bridgehead atoms. The van der Waals surface area contributed by atoms with E-state index in [4.69, 9.17) is 4.74 Å². The van der Waals surface area contributed by atoms with Crippen LogP contribution in [0.4, 0.5) is 5.69 Å². The number of hydrogen-bond donors (Lipinski definition) is 0. The lowest BCUT2D eigenvalue weighted by atomic mass is 9.83. The maximum Gasteiger partial charge on any atom is 0.260 e. The smallest absolute Gasteiger partial charge is 0.260 e. The molecule has 2 saturated heterocycles. The van der Waals surface area contributed by atoms with Crippen molar-refractivity contribution in [2.45, 2.75) is 37.5 Å². The summed E-state index contributed by atoms with van der Waals surface area (Å²) in [7, 11) is 3.58. The Morgan fingerprint density at radius 2 is 1.81 bits per heavy atom. The van der Waals surface area contributed by atoms with Crippen LogP contribution in [0.25, 0.3) is 6.08 Å². The van der Waals surface area contributed by atoms with Gasteiger partial charge < -0.3 is 19.4 Å². The summed E-state index contributed by atoms with van der Waals surface area (Å²) in [4.78, 5) is 33.7. The van der Waals surface area contributed by atoms with E-state index in [1.54, 1.807) is 18.9 Å². The number of hydrogen-bond acceptors (Lipinski definition) is 5. The summed E-state index contributed by atoms with van der Waals surface area (Å²) in [6.07, 6.45) is 4.63. The summed E-state index contributed by atoms with van der Waals surface area (Å²) >= 11 is 1.71. The van der Waals surface area contributed by atoms with Crippen LogP contribution >= 0.6 is 11.8 Å². The summed E-state index contributed by atoms with van der Waals surface area (Å²) in [5.41, 5.74) is 3.42. The third-order valence-corrected chi connectivity index (χ3v) is 9.18. The lowest BCUT2D eigenvalue weighted by Gasteiger charge is -2.45. The summed E-state index contributed by atoms with van der Waals surface area (Å²) in [5.74, 6) is 1.18. The number of carbonyl (C=O) groups is 2. The van der Waals surface area contributed by atoms with Gasteiger partial charge in [0.05, 0.1) is 12.0 Å². The van der Waals surface area contributed by atoms with Crippen molar-refractivity contribution in [2.75, 3.05) is 45.2 Å². The Labute approximate surface area is 218 Å². The molecule has 5 rings (SSSR count). The number of thioether (sulfide) groups is 1. The quantitative estimate of drug-likeness (QED) is 0.576. The Morgan fingerprint density at radius 3 is 2.50 bits per heavy atom. The number of piperazine rings is 1. The van der Waals surface area contributed by atoms with Crippen LogP contribution in [-0.4, -0.2) is 73.2 Å². The average Bonchev–Trinajstić information content (AvgIpc) is 2.91. The molecule has 3 unspecified atom stereocenters. The highest BCUT2D eigenvalue weighted by Gasteiger charge is 2.43. The predicted octanol–water partition coefficient (Wildman–Crippen LogP) is 4.44. The van der Waals surface area contributed by atoms with E-state index in [-0.39, 0.29) is 23.8 Å². The molecule has 3 fully saturated rings. The molecule has 3 atom stereocenters. The Kier molecular flexibility index (Phi) is 7.28. The Balaban J connectivity index is 1.19. The van der Waals surface area contributed by atoms with E-state index in [0.29, 0.717) is 5.25 Å². The van der Waals surface area contributed by atoms with Gasteiger partial charge in [0.2, 0.25) is 5.91 Å². The fraction of sp³-hybridized carbons (Fsp3) is 0.448. The van der Waals surface area contributed by atoms with Crippen LogP contribution in [0.1, 0.15) is 30.4 Å². The number of amides is 2. The number of nitrogens with zero attached hydrogens (tertiary/aromatic N) is 3. The number of likely N-dealkylation sites (N-methyl/N-ethyl adjacent to an activating group) is 1. The van der Waals surface area contributed by atoms with Crippen molar-refractivity contribution >= 4 is 35.3 Å². The van der Waals surface area contributed by atoms with Gasteiger partial charge >= 0.3 is 0 Å². The third-order valence-electron chi connectivity index (χ3n) is 7.78. The van der Waals surface area contributed by atoms with E-state index in [1.807, 2.05) is 47.2 Å². The third kappa shape index (κ3) is 5.12. The van der Waals surface area contributed by atoms with Gasteiger partial charge in [-0.25, -0.2) is 0 Å². The number of benzene rings is 2.